The van der Waals surface area contributed by atoms with E-state index in [0.717, 1.165) is 77.0 Å². The van der Waals surface area contributed by atoms with Gasteiger partial charge in [-0.1, -0.05) is 115 Å². The summed E-state index contributed by atoms with van der Waals surface area (Å²) in [6, 6.07) is -0.764. The lowest BCUT2D eigenvalue weighted by molar-refractivity contribution is -0.870. The molecule has 0 aliphatic carbocycles. The lowest BCUT2D eigenvalue weighted by atomic mass is 10.0. The first-order chi connectivity index (χ1) is 21.0. The van der Waals surface area contributed by atoms with Crippen molar-refractivity contribution >= 4 is 13.7 Å². The van der Waals surface area contributed by atoms with Crippen LogP contribution in [-0.2, 0) is 18.4 Å². The molecule has 0 aliphatic rings. The number of nitrogens with zero attached hydrogens (tertiary/aromatic N) is 1. The van der Waals surface area contributed by atoms with Crippen molar-refractivity contribution in [3.63, 3.8) is 0 Å². The third-order valence-corrected chi connectivity index (χ3v) is 8.39. The van der Waals surface area contributed by atoms with Gasteiger partial charge >= 0.3 is 7.82 Å². The number of aliphatic hydroxyl groups is 1. The highest BCUT2D eigenvalue weighted by atomic mass is 31.2. The van der Waals surface area contributed by atoms with Crippen LogP contribution in [0.1, 0.15) is 129 Å². The van der Waals surface area contributed by atoms with E-state index in [0.29, 0.717) is 23.9 Å². The van der Waals surface area contributed by atoms with E-state index in [1.807, 2.05) is 21.1 Å². The van der Waals surface area contributed by atoms with E-state index in [1.54, 1.807) is 0 Å². The van der Waals surface area contributed by atoms with Gasteiger partial charge in [0, 0.05) is 6.42 Å². The van der Waals surface area contributed by atoms with Gasteiger partial charge in [0.05, 0.1) is 39.9 Å². The van der Waals surface area contributed by atoms with Gasteiger partial charge < -0.3 is 19.8 Å². The number of aliphatic hydroxyl groups excluding tert-OH is 1. The lowest BCUT2D eigenvalue weighted by Gasteiger charge is -2.26. The Kier molecular flexibility index (Phi) is 27.2. The van der Waals surface area contributed by atoms with Crippen LogP contribution in [0.4, 0.5) is 0 Å². The number of quaternary nitrogens is 1. The Labute approximate surface area is 270 Å². The van der Waals surface area contributed by atoms with Gasteiger partial charge in [0.25, 0.3) is 0 Å². The van der Waals surface area contributed by atoms with Gasteiger partial charge in [-0.15, -0.1) is 0 Å². The summed E-state index contributed by atoms with van der Waals surface area (Å²) >= 11 is 0. The molecule has 0 aromatic rings. The average molecular weight is 644 g/mol. The maximum Gasteiger partial charge on any atom is 0.472 e. The van der Waals surface area contributed by atoms with E-state index in [4.69, 9.17) is 9.05 Å². The monoisotopic (exact) mass is 643 g/mol. The number of carbonyl (C=O) groups excluding carboxylic acids is 1. The number of amides is 1. The molecule has 0 aromatic carbocycles. The molecule has 0 aromatic heterocycles. The van der Waals surface area contributed by atoms with Crippen LogP contribution in [0, 0.1) is 0 Å². The molecule has 8 nitrogen and oxygen atoms in total. The van der Waals surface area contributed by atoms with Crippen molar-refractivity contribution in [2.75, 3.05) is 40.9 Å². The number of hydrogen-bond donors (Lipinski definition) is 3. The summed E-state index contributed by atoms with van der Waals surface area (Å²) in [4.78, 5) is 22.9. The van der Waals surface area contributed by atoms with Gasteiger partial charge in [0.2, 0.25) is 5.91 Å². The minimum Gasteiger partial charge on any atom is -0.391 e. The molecule has 0 saturated carbocycles. The fourth-order valence-corrected chi connectivity index (χ4v) is 5.32. The van der Waals surface area contributed by atoms with Crippen LogP contribution >= 0.6 is 7.82 Å². The topological polar surface area (TPSA) is 105 Å². The average Bonchev–Trinajstić information content (AvgIpc) is 2.95. The minimum atomic E-state index is -4.30. The molecular weight excluding hydrogens is 575 g/mol. The summed E-state index contributed by atoms with van der Waals surface area (Å²) in [5.41, 5.74) is 0. The van der Waals surface area contributed by atoms with E-state index < -0.39 is 20.0 Å². The van der Waals surface area contributed by atoms with E-state index in [2.05, 4.69) is 55.6 Å². The maximum atomic E-state index is 12.7. The largest absolute Gasteiger partial charge is 0.472 e. The smallest absolute Gasteiger partial charge is 0.391 e. The quantitative estimate of drug-likeness (QED) is 0.0314. The van der Waals surface area contributed by atoms with Crippen LogP contribution in [0.25, 0.3) is 0 Å². The summed E-state index contributed by atoms with van der Waals surface area (Å²) in [6.07, 6.45) is 30.4. The molecule has 0 saturated heterocycles. The number of rotatable bonds is 30. The van der Waals surface area contributed by atoms with Crippen molar-refractivity contribution in [2.45, 2.75) is 142 Å². The number of unbranched alkanes of at least 4 members (excludes halogenated alkanes) is 11. The second-order valence-electron chi connectivity index (χ2n) is 12.9. The van der Waals surface area contributed by atoms with Crippen molar-refractivity contribution in [3.8, 4) is 0 Å². The van der Waals surface area contributed by atoms with Crippen LogP contribution in [0.3, 0.4) is 0 Å². The number of allylic oxidation sites excluding steroid dienone is 6. The van der Waals surface area contributed by atoms with Crippen LogP contribution in [0.2, 0.25) is 0 Å². The molecule has 0 fully saturated rings. The molecule has 0 spiro atoms. The molecule has 9 heteroatoms. The van der Waals surface area contributed by atoms with Gasteiger partial charge in [-0.25, -0.2) is 4.57 Å². The standard InChI is InChI=1S/C35H67N2O6P/c1-6-8-10-12-14-15-16-17-18-19-20-21-23-25-27-29-35(39)36-33(34(38)28-26-24-22-13-11-9-7-2)32-43-44(40,41)42-31-30-37(3,4)5/h8,10,14-15,17-18,33-34,38H,6-7,9,11-13,16,19-32H2,1-5H3,(H-,36,39,40,41)/p+1/b10-8-,15-14-,18-17-. The Morgan fingerprint density at radius 2 is 1.36 bits per heavy atom. The van der Waals surface area contributed by atoms with E-state index in [1.165, 1.54) is 25.7 Å². The third kappa shape index (κ3) is 29.4. The predicted molar refractivity (Wildman–Crippen MR) is 184 cm³/mol. The highest BCUT2D eigenvalue weighted by Gasteiger charge is 2.28. The van der Waals surface area contributed by atoms with E-state index in [9.17, 15) is 19.4 Å². The summed E-state index contributed by atoms with van der Waals surface area (Å²) in [6.45, 7) is 4.67. The van der Waals surface area contributed by atoms with Crippen molar-refractivity contribution < 1.29 is 32.9 Å². The highest BCUT2D eigenvalue weighted by Crippen LogP contribution is 2.43. The van der Waals surface area contributed by atoms with Crippen molar-refractivity contribution in [3.05, 3.63) is 36.5 Å². The number of nitrogens with one attached hydrogen (secondary N) is 1. The van der Waals surface area contributed by atoms with Crippen LogP contribution in [0.15, 0.2) is 36.5 Å². The molecule has 0 bridgehead atoms. The van der Waals surface area contributed by atoms with Gasteiger partial charge in [0.1, 0.15) is 13.2 Å². The second-order valence-corrected chi connectivity index (χ2v) is 14.3. The Bertz CT molecular complexity index is 825. The van der Waals surface area contributed by atoms with Gasteiger partial charge in [-0.3, -0.25) is 13.8 Å². The first-order valence-electron chi connectivity index (χ1n) is 17.4. The molecular formula is C35H68N2O6P+. The summed E-state index contributed by atoms with van der Waals surface area (Å²) < 4.78 is 23.4. The van der Waals surface area contributed by atoms with Gasteiger partial charge in [0.15, 0.2) is 0 Å². The first kappa shape index (κ1) is 42.7. The SMILES string of the molecule is CC/C=C\C/C=C\C/C=C\CCCCCCCC(=O)NC(COP(=O)(O)OCC[N+](C)(C)C)C(O)CCCCCCCCC. The molecule has 44 heavy (non-hydrogen) atoms. The van der Waals surface area contributed by atoms with Gasteiger partial charge in [-0.05, 0) is 44.9 Å². The normalized spacial score (nSPS) is 15.3. The molecule has 1 amide bonds. The maximum absolute atomic E-state index is 12.7. The second kappa shape index (κ2) is 28.0. The fraction of sp³-hybridized carbons (Fsp3) is 0.800. The molecule has 3 atom stereocenters. The molecule has 3 unspecified atom stereocenters. The summed E-state index contributed by atoms with van der Waals surface area (Å²) in [5, 5.41) is 13.7. The Hall–Kier alpha value is -1.28. The Morgan fingerprint density at radius 1 is 0.795 bits per heavy atom. The lowest BCUT2D eigenvalue weighted by Crippen LogP contribution is -2.46. The van der Waals surface area contributed by atoms with Crippen LogP contribution in [0.5, 0.6) is 0 Å². The number of phosphoric ester groups is 1. The van der Waals surface area contributed by atoms with Crippen molar-refractivity contribution in [1.82, 2.24) is 5.32 Å². The van der Waals surface area contributed by atoms with E-state index in [-0.39, 0.29) is 19.1 Å². The molecule has 0 rings (SSSR count). The number of likely N-dealkylation sites (N-methyl/N-ethyl adjacent to an activating group) is 1. The zero-order valence-electron chi connectivity index (χ0n) is 28.9. The van der Waals surface area contributed by atoms with Crippen LogP contribution in [-0.4, -0.2) is 73.4 Å². The van der Waals surface area contributed by atoms with Crippen molar-refractivity contribution in [2.24, 2.45) is 0 Å². The molecule has 3 N–H and O–H groups in total. The molecule has 0 heterocycles. The minimum absolute atomic E-state index is 0.0692. The Balaban J connectivity index is 4.47. The number of phosphoric acid groups is 1. The zero-order chi connectivity index (χ0) is 32.9. The predicted octanol–water partition coefficient (Wildman–Crippen LogP) is 8.40. The molecule has 0 radical (unpaired) electrons. The first-order valence-corrected chi connectivity index (χ1v) is 18.8. The van der Waals surface area contributed by atoms with Crippen LogP contribution < -0.4 is 5.32 Å². The zero-order valence-corrected chi connectivity index (χ0v) is 29.8. The van der Waals surface area contributed by atoms with E-state index >= 15 is 0 Å². The fourth-order valence-electron chi connectivity index (χ4n) is 4.59. The summed E-state index contributed by atoms with van der Waals surface area (Å²) in [7, 11) is 1.59. The van der Waals surface area contributed by atoms with Crippen molar-refractivity contribution in [1.29, 1.82) is 0 Å². The summed E-state index contributed by atoms with van der Waals surface area (Å²) in [5.74, 6) is -0.169. The molecule has 258 valence electrons. The van der Waals surface area contributed by atoms with Gasteiger partial charge in [-0.2, -0.15) is 0 Å². The Morgan fingerprint density at radius 3 is 2.00 bits per heavy atom. The number of hydrogen-bond acceptors (Lipinski definition) is 5. The number of carbonyl (C=O) groups is 1. The molecule has 0 aliphatic heterocycles. The highest BCUT2D eigenvalue weighted by molar-refractivity contribution is 7.47. The third-order valence-electron chi connectivity index (χ3n) is 7.40.